The van der Waals surface area contributed by atoms with Gasteiger partial charge in [-0.15, -0.1) is 0 Å². The molecule has 4 heteroatoms. The molecule has 0 aromatic carbocycles. The van der Waals surface area contributed by atoms with Gasteiger partial charge in [0.15, 0.2) is 0 Å². The van der Waals surface area contributed by atoms with Crippen LogP contribution in [0.4, 0.5) is 0 Å². The SMILES string of the molecule is C[C@@H](NCc1ccnc(OCC2CC2)c1)c1ccsc1. The van der Waals surface area contributed by atoms with Gasteiger partial charge < -0.3 is 10.1 Å². The summed E-state index contributed by atoms with van der Waals surface area (Å²) in [6, 6.07) is 6.61. The predicted molar refractivity (Wildman–Crippen MR) is 82.0 cm³/mol. The zero-order valence-electron chi connectivity index (χ0n) is 11.7. The lowest BCUT2D eigenvalue weighted by molar-refractivity contribution is 0.288. The van der Waals surface area contributed by atoms with Gasteiger partial charge in [-0.25, -0.2) is 4.98 Å². The van der Waals surface area contributed by atoms with Gasteiger partial charge in [-0.1, -0.05) is 0 Å². The molecule has 1 aliphatic rings. The van der Waals surface area contributed by atoms with E-state index >= 15 is 0 Å². The van der Waals surface area contributed by atoms with E-state index < -0.39 is 0 Å². The van der Waals surface area contributed by atoms with Gasteiger partial charge in [0.2, 0.25) is 5.88 Å². The molecule has 0 unspecified atom stereocenters. The van der Waals surface area contributed by atoms with Gasteiger partial charge in [-0.3, -0.25) is 0 Å². The van der Waals surface area contributed by atoms with E-state index in [-0.39, 0.29) is 0 Å². The van der Waals surface area contributed by atoms with Crippen molar-refractivity contribution in [1.82, 2.24) is 10.3 Å². The van der Waals surface area contributed by atoms with Crippen molar-refractivity contribution >= 4 is 11.3 Å². The molecule has 2 aromatic rings. The highest BCUT2D eigenvalue weighted by molar-refractivity contribution is 7.07. The average Bonchev–Trinajstić information content (AvgIpc) is 3.14. The predicted octanol–water partition coefficient (Wildman–Crippen LogP) is 3.78. The highest BCUT2D eigenvalue weighted by Crippen LogP contribution is 2.29. The van der Waals surface area contributed by atoms with E-state index in [2.05, 4.69) is 34.1 Å². The molecule has 0 saturated heterocycles. The number of thiophene rings is 1. The van der Waals surface area contributed by atoms with Crippen molar-refractivity contribution in [2.24, 2.45) is 5.92 Å². The summed E-state index contributed by atoms with van der Waals surface area (Å²) in [5, 5.41) is 7.83. The Morgan fingerprint density at radius 3 is 3.10 bits per heavy atom. The Labute approximate surface area is 124 Å². The maximum Gasteiger partial charge on any atom is 0.213 e. The van der Waals surface area contributed by atoms with Crippen LogP contribution in [-0.2, 0) is 6.54 Å². The smallest absolute Gasteiger partial charge is 0.213 e. The Morgan fingerprint density at radius 2 is 2.35 bits per heavy atom. The lowest BCUT2D eigenvalue weighted by Gasteiger charge is -2.13. The topological polar surface area (TPSA) is 34.2 Å². The molecule has 1 saturated carbocycles. The zero-order valence-corrected chi connectivity index (χ0v) is 12.5. The number of rotatable bonds is 7. The summed E-state index contributed by atoms with van der Waals surface area (Å²) in [6.45, 7) is 3.84. The molecule has 1 fully saturated rings. The quantitative estimate of drug-likeness (QED) is 0.842. The molecule has 0 aliphatic heterocycles. The fraction of sp³-hybridized carbons (Fsp3) is 0.438. The van der Waals surface area contributed by atoms with E-state index in [9.17, 15) is 0 Å². The lowest BCUT2D eigenvalue weighted by Crippen LogP contribution is -2.17. The standard InChI is InChI=1S/C16H20N2OS/c1-12(15-5-7-20-11-15)18-9-14-4-6-17-16(8-14)19-10-13-2-3-13/h4-8,11-13,18H,2-3,9-10H2,1H3/t12-/m1/s1. The first-order chi connectivity index (χ1) is 9.81. The second-order valence-corrected chi connectivity index (χ2v) is 6.20. The number of nitrogens with zero attached hydrogens (tertiary/aromatic N) is 1. The van der Waals surface area contributed by atoms with Crippen LogP contribution < -0.4 is 10.1 Å². The molecule has 1 atom stereocenters. The molecule has 1 N–H and O–H groups in total. The van der Waals surface area contributed by atoms with Gasteiger partial charge in [-0.2, -0.15) is 11.3 Å². The second-order valence-electron chi connectivity index (χ2n) is 5.42. The molecule has 3 rings (SSSR count). The largest absolute Gasteiger partial charge is 0.477 e. The second kappa shape index (κ2) is 6.37. The Morgan fingerprint density at radius 1 is 1.45 bits per heavy atom. The maximum absolute atomic E-state index is 5.71. The van der Waals surface area contributed by atoms with Crippen molar-refractivity contribution < 1.29 is 4.74 Å². The number of pyridine rings is 1. The summed E-state index contributed by atoms with van der Waals surface area (Å²) in [7, 11) is 0. The van der Waals surface area contributed by atoms with Gasteiger partial charge in [-0.05, 0) is 59.7 Å². The molecule has 106 valence electrons. The monoisotopic (exact) mass is 288 g/mol. The molecule has 2 heterocycles. The Kier molecular flexibility index (Phi) is 4.33. The Bertz CT molecular complexity index is 537. The van der Waals surface area contributed by atoms with Crippen molar-refractivity contribution in [3.05, 3.63) is 46.3 Å². The summed E-state index contributed by atoms with van der Waals surface area (Å²) < 4.78 is 5.71. The van der Waals surface area contributed by atoms with Crippen molar-refractivity contribution in [2.75, 3.05) is 6.61 Å². The Balaban J connectivity index is 1.52. The van der Waals surface area contributed by atoms with E-state index in [1.165, 1.54) is 24.0 Å². The summed E-state index contributed by atoms with van der Waals surface area (Å²) in [5.74, 6) is 1.51. The van der Waals surface area contributed by atoms with Gasteiger partial charge in [0.25, 0.3) is 0 Å². The van der Waals surface area contributed by atoms with E-state index in [1.807, 2.05) is 18.3 Å². The molecule has 0 radical (unpaired) electrons. The summed E-state index contributed by atoms with van der Waals surface area (Å²) in [4.78, 5) is 4.27. The average molecular weight is 288 g/mol. The van der Waals surface area contributed by atoms with E-state index in [1.54, 1.807) is 11.3 Å². The molecule has 20 heavy (non-hydrogen) atoms. The number of aromatic nitrogens is 1. The van der Waals surface area contributed by atoms with Crippen molar-refractivity contribution in [3.63, 3.8) is 0 Å². The summed E-state index contributed by atoms with van der Waals surface area (Å²) >= 11 is 1.74. The van der Waals surface area contributed by atoms with Crippen molar-refractivity contribution in [3.8, 4) is 5.88 Å². The van der Waals surface area contributed by atoms with Crippen LogP contribution in [0.1, 0.15) is 36.9 Å². The van der Waals surface area contributed by atoms with Gasteiger partial charge in [0, 0.05) is 24.8 Å². The third-order valence-electron chi connectivity index (χ3n) is 3.62. The third-order valence-corrected chi connectivity index (χ3v) is 4.32. The fourth-order valence-corrected chi connectivity index (χ4v) is 2.79. The van der Waals surface area contributed by atoms with Crippen LogP contribution in [0.5, 0.6) is 5.88 Å². The van der Waals surface area contributed by atoms with Gasteiger partial charge in [0.1, 0.15) is 0 Å². The number of ether oxygens (including phenoxy) is 1. The molecular formula is C16H20N2OS. The summed E-state index contributed by atoms with van der Waals surface area (Å²) in [5.41, 5.74) is 2.56. The number of hydrogen-bond acceptors (Lipinski definition) is 4. The molecule has 2 aromatic heterocycles. The van der Waals surface area contributed by atoms with Crippen molar-refractivity contribution in [2.45, 2.75) is 32.4 Å². The first kappa shape index (κ1) is 13.6. The minimum absolute atomic E-state index is 0.366. The molecule has 1 aliphatic carbocycles. The summed E-state index contributed by atoms with van der Waals surface area (Å²) in [6.07, 6.45) is 4.44. The van der Waals surface area contributed by atoms with E-state index in [4.69, 9.17) is 4.74 Å². The van der Waals surface area contributed by atoms with Crippen LogP contribution in [0.25, 0.3) is 0 Å². The minimum atomic E-state index is 0.366. The highest BCUT2D eigenvalue weighted by Gasteiger charge is 2.22. The molecule has 0 bridgehead atoms. The van der Waals surface area contributed by atoms with Crippen molar-refractivity contribution in [1.29, 1.82) is 0 Å². The first-order valence-electron chi connectivity index (χ1n) is 7.14. The van der Waals surface area contributed by atoms with Crippen LogP contribution in [-0.4, -0.2) is 11.6 Å². The fourth-order valence-electron chi connectivity index (χ4n) is 2.04. The molecule has 0 amide bonds. The third kappa shape index (κ3) is 3.81. The van der Waals surface area contributed by atoms with Crippen LogP contribution in [0.3, 0.4) is 0 Å². The molecule has 0 spiro atoms. The highest BCUT2D eigenvalue weighted by atomic mass is 32.1. The lowest BCUT2D eigenvalue weighted by atomic mass is 10.1. The number of hydrogen-bond donors (Lipinski definition) is 1. The number of nitrogens with one attached hydrogen (secondary N) is 1. The molecule has 3 nitrogen and oxygen atoms in total. The zero-order chi connectivity index (χ0) is 13.8. The van der Waals surface area contributed by atoms with Crippen LogP contribution in [0, 0.1) is 5.92 Å². The maximum atomic E-state index is 5.71. The van der Waals surface area contributed by atoms with Gasteiger partial charge >= 0.3 is 0 Å². The van der Waals surface area contributed by atoms with Gasteiger partial charge in [0.05, 0.1) is 6.61 Å². The van der Waals surface area contributed by atoms with Crippen LogP contribution >= 0.6 is 11.3 Å². The minimum Gasteiger partial charge on any atom is -0.477 e. The molecular weight excluding hydrogens is 268 g/mol. The first-order valence-corrected chi connectivity index (χ1v) is 8.09. The van der Waals surface area contributed by atoms with Crippen LogP contribution in [0.2, 0.25) is 0 Å². The van der Waals surface area contributed by atoms with E-state index in [0.29, 0.717) is 6.04 Å². The normalized spacial score (nSPS) is 16.1. The van der Waals surface area contributed by atoms with E-state index in [0.717, 1.165) is 24.9 Å². The Hall–Kier alpha value is -1.39. The van der Waals surface area contributed by atoms with Crippen LogP contribution in [0.15, 0.2) is 35.2 Å².